The first-order chi connectivity index (χ1) is 9.88. The number of thioether (sulfide) groups is 1. The van der Waals surface area contributed by atoms with Gasteiger partial charge in [-0.2, -0.15) is 0 Å². The fourth-order valence-corrected chi connectivity index (χ4v) is 3.09. The summed E-state index contributed by atoms with van der Waals surface area (Å²) in [6.07, 6.45) is 0. The molecule has 0 aliphatic carbocycles. The molecule has 1 heterocycles. The molecular weight excluding hydrogens is 413 g/mol. The lowest BCUT2D eigenvalue weighted by Crippen LogP contribution is -2.37. The molecule has 3 nitrogen and oxygen atoms in total. The predicted molar refractivity (Wildman–Crippen MR) is 105 cm³/mol. The van der Waals surface area contributed by atoms with E-state index in [9.17, 15) is 0 Å². The number of benzene rings is 1. The highest BCUT2D eigenvalue weighted by Crippen LogP contribution is 2.15. The molecule has 1 aromatic carbocycles. The van der Waals surface area contributed by atoms with Crippen LogP contribution in [-0.2, 0) is 6.54 Å². The van der Waals surface area contributed by atoms with Crippen LogP contribution in [0, 0.1) is 0 Å². The van der Waals surface area contributed by atoms with Crippen LogP contribution in [0.5, 0.6) is 0 Å². The van der Waals surface area contributed by atoms with E-state index in [1.54, 1.807) is 18.4 Å². The third kappa shape index (κ3) is 7.19. The monoisotopic (exact) mass is 433 g/mol. The summed E-state index contributed by atoms with van der Waals surface area (Å²) in [5, 5.41) is 8.72. The molecule has 0 fully saturated rings. The molecule has 0 saturated heterocycles. The second-order valence-corrected chi connectivity index (χ2v) is 6.29. The van der Waals surface area contributed by atoms with Gasteiger partial charge in [0.25, 0.3) is 0 Å². The van der Waals surface area contributed by atoms with Crippen LogP contribution < -0.4 is 10.6 Å². The van der Waals surface area contributed by atoms with Crippen LogP contribution in [0.2, 0.25) is 0 Å². The van der Waals surface area contributed by atoms with Crippen molar-refractivity contribution < 1.29 is 0 Å². The standard InChI is InChI=1S/C15H19N3S2.HI/c1-16-15(18-12-14-8-5-10-19-14)17-9-11-20-13-6-3-2-4-7-13;/h2-8,10H,9,11-12H2,1H3,(H2,16,17,18);1H. The number of rotatable bonds is 6. The summed E-state index contributed by atoms with van der Waals surface area (Å²) >= 11 is 3.60. The molecule has 2 aromatic rings. The molecule has 0 aliphatic rings. The van der Waals surface area contributed by atoms with Crippen molar-refractivity contribution in [1.82, 2.24) is 10.6 Å². The Morgan fingerprint density at radius 3 is 2.62 bits per heavy atom. The van der Waals surface area contributed by atoms with E-state index >= 15 is 0 Å². The van der Waals surface area contributed by atoms with Gasteiger partial charge in [0, 0.05) is 29.1 Å². The van der Waals surface area contributed by atoms with E-state index in [1.807, 2.05) is 17.8 Å². The molecule has 0 amide bonds. The zero-order chi connectivity index (χ0) is 14.0. The number of nitrogens with one attached hydrogen (secondary N) is 2. The summed E-state index contributed by atoms with van der Waals surface area (Å²) in [6, 6.07) is 14.6. The van der Waals surface area contributed by atoms with Crippen LogP contribution in [0.15, 0.2) is 57.7 Å². The number of thiophene rings is 1. The number of aliphatic imine (C=N–C) groups is 1. The summed E-state index contributed by atoms with van der Waals surface area (Å²) < 4.78 is 0. The second kappa shape index (κ2) is 10.9. The molecular formula is C15H20IN3S2. The Morgan fingerprint density at radius 1 is 1.14 bits per heavy atom. The van der Waals surface area contributed by atoms with Gasteiger partial charge in [-0.1, -0.05) is 24.3 Å². The minimum absolute atomic E-state index is 0. The van der Waals surface area contributed by atoms with Gasteiger partial charge in [-0.15, -0.1) is 47.1 Å². The maximum absolute atomic E-state index is 4.22. The van der Waals surface area contributed by atoms with Crippen LogP contribution in [-0.4, -0.2) is 25.3 Å². The Morgan fingerprint density at radius 2 is 1.95 bits per heavy atom. The van der Waals surface area contributed by atoms with Gasteiger partial charge in [0.15, 0.2) is 5.96 Å². The first-order valence-corrected chi connectivity index (χ1v) is 8.40. The third-order valence-electron chi connectivity index (χ3n) is 2.64. The second-order valence-electron chi connectivity index (χ2n) is 4.09. The minimum Gasteiger partial charge on any atom is -0.356 e. The van der Waals surface area contributed by atoms with Gasteiger partial charge < -0.3 is 10.6 Å². The van der Waals surface area contributed by atoms with Crippen molar-refractivity contribution >= 4 is 53.0 Å². The van der Waals surface area contributed by atoms with E-state index in [2.05, 4.69) is 57.4 Å². The highest BCUT2D eigenvalue weighted by molar-refractivity contribution is 14.0. The lowest BCUT2D eigenvalue weighted by molar-refractivity contribution is 0.841. The van der Waals surface area contributed by atoms with Gasteiger partial charge in [-0.05, 0) is 23.6 Å². The van der Waals surface area contributed by atoms with Gasteiger partial charge in [0.1, 0.15) is 0 Å². The highest BCUT2D eigenvalue weighted by Gasteiger charge is 1.99. The molecule has 0 atom stereocenters. The Hall–Kier alpha value is -0.730. The van der Waals surface area contributed by atoms with Crippen LogP contribution in [0.1, 0.15) is 4.88 Å². The van der Waals surface area contributed by atoms with Crippen LogP contribution in [0.3, 0.4) is 0 Å². The number of nitrogens with zero attached hydrogens (tertiary/aromatic N) is 1. The zero-order valence-corrected chi connectivity index (χ0v) is 15.9. The largest absolute Gasteiger partial charge is 0.356 e. The van der Waals surface area contributed by atoms with Gasteiger partial charge >= 0.3 is 0 Å². The van der Waals surface area contributed by atoms with Crippen molar-refractivity contribution in [2.24, 2.45) is 4.99 Å². The quantitative estimate of drug-likeness (QED) is 0.239. The van der Waals surface area contributed by atoms with Gasteiger partial charge in [0.2, 0.25) is 0 Å². The SMILES string of the molecule is CN=C(NCCSc1ccccc1)NCc1cccs1.I. The normalized spacial score (nSPS) is 10.8. The van der Waals surface area contributed by atoms with E-state index in [-0.39, 0.29) is 24.0 Å². The first-order valence-electron chi connectivity index (χ1n) is 6.53. The average Bonchev–Trinajstić information content (AvgIpc) is 3.01. The molecule has 2 N–H and O–H groups in total. The van der Waals surface area contributed by atoms with Crippen molar-refractivity contribution in [2.45, 2.75) is 11.4 Å². The number of hydrogen-bond donors (Lipinski definition) is 2. The van der Waals surface area contributed by atoms with Crippen molar-refractivity contribution in [2.75, 3.05) is 19.3 Å². The van der Waals surface area contributed by atoms with E-state index < -0.39 is 0 Å². The molecule has 0 saturated carbocycles. The molecule has 0 spiro atoms. The minimum atomic E-state index is 0. The van der Waals surface area contributed by atoms with Crippen molar-refractivity contribution in [3.05, 3.63) is 52.7 Å². The number of halogens is 1. The highest BCUT2D eigenvalue weighted by atomic mass is 127. The zero-order valence-electron chi connectivity index (χ0n) is 11.9. The third-order valence-corrected chi connectivity index (χ3v) is 4.53. The maximum atomic E-state index is 4.22. The maximum Gasteiger partial charge on any atom is 0.191 e. The summed E-state index contributed by atoms with van der Waals surface area (Å²) in [6.45, 7) is 1.72. The van der Waals surface area contributed by atoms with Gasteiger partial charge in [0.05, 0.1) is 6.54 Å². The van der Waals surface area contributed by atoms with Gasteiger partial charge in [-0.25, -0.2) is 0 Å². The number of hydrogen-bond acceptors (Lipinski definition) is 3. The molecule has 2 rings (SSSR count). The molecule has 1 aromatic heterocycles. The Bertz CT molecular complexity index is 515. The molecule has 114 valence electrons. The van der Waals surface area contributed by atoms with Crippen LogP contribution in [0.4, 0.5) is 0 Å². The summed E-state index contributed by atoms with van der Waals surface area (Å²) in [7, 11) is 1.80. The van der Waals surface area contributed by atoms with E-state index in [1.165, 1.54) is 9.77 Å². The molecule has 21 heavy (non-hydrogen) atoms. The molecule has 6 heteroatoms. The Balaban J connectivity index is 0.00000220. The lowest BCUT2D eigenvalue weighted by Gasteiger charge is -2.10. The van der Waals surface area contributed by atoms with E-state index in [0.29, 0.717) is 0 Å². The Labute approximate surface area is 151 Å². The summed E-state index contributed by atoms with van der Waals surface area (Å²) in [4.78, 5) is 6.84. The fraction of sp³-hybridized carbons (Fsp3) is 0.267. The van der Waals surface area contributed by atoms with Crippen molar-refractivity contribution in [3.63, 3.8) is 0 Å². The van der Waals surface area contributed by atoms with Crippen LogP contribution >= 0.6 is 47.1 Å². The van der Waals surface area contributed by atoms with Gasteiger partial charge in [-0.3, -0.25) is 4.99 Å². The molecule has 0 aliphatic heterocycles. The summed E-state index contributed by atoms with van der Waals surface area (Å²) in [5.74, 6) is 1.87. The van der Waals surface area contributed by atoms with Crippen molar-refractivity contribution in [1.29, 1.82) is 0 Å². The topological polar surface area (TPSA) is 36.4 Å². The van der Waals surface area contributed by atoms with E-state index in [0.717, 1.165) is 24.8 Å². The predicted octanol–water partition coefficient (Wildman–Crippen LogP) is 3.82. The van der Waals surface area contributed by atoms with E-state index in [4.69, 9.17) is 0 Å². The molecule has 0 radical (unpaired) electrons. The summed E-state index contributed by atoms with van der Waals surface area (Å²) in [5.41, 5.74) is 0. The lowest BCUT2D eigenvalue weighted by atomic mass is 10.4. The number of guanidine groups is 1. The smallest absolute Gasteiger partial charge is 0.191 e. The van der Waals surface area contributed by atoms with Crippen molar-refractivity contribution in [3.8, 4) is 0 Å². The Kier molecular flexibility index (Phi) is 9.53. The molecule has 0 bridgehead atoms. The first kappa shape index (κ1) is 18.3. The average molecular weight is 433 g/mol. The molecule has 0 unspecified atom stereocenters. The fourth-order valence-electron chi connectivity index (χ4n) is 1.66. The van der Waals surface area contributed by atoms with Crippen LogP contribution in [0.25, 0.3) is 0 Å².